The van der Waals surface area contributed by atoms with Crippen LogP contribution in [0.4, 0.5) is 20.2 Å². The molecule has 1 unspecified atom stereocenters. The van der Waals surface area contributed by atoms with Crippen molar-refractivity contribution in [2.24, 2.45) is 11.8 Å². The van der Waals surface area contributed by atoms with Crippen molar-refractivity contribution in [3.05, 3.63) is 47.5 Å². The number of anilines is 2. The Balaban J connectivity index is 2.21. The van der Waals surface area contributed by atoms with Gasteiger partial charge < -0.3 is 15.2 Å². The molecule has 1 amide bonds. The highest BCUT2D eigenvalue weighted by atomic mass is 35.5. The van der Waals surface area contributed by atoms with Crippen LogP contribution in [0.5, 0.6) is 5.75 Å². The monoisotopic (exact) mass is 494 g/mol. The fourth-order valence-electron chi connectivity index (χ4n) is 2.62. The second-order valence-electron chi connectivity index (χ2n) is 6.96. The number of halogens is 3. The molecule has 0 saturated heterocycles. The smallest absolute Gasteiger partial charge is 0.408 e. The number of sulfonamides is 1. The van der Waals surface area contributed by atoms with Gasteiger partial charge in [-0.05, 0) is 45.5 Å². The number of benzene rings is 2. The Hall–Kier alpha value is -2.00. The molecule has 2 rings (SSSR count). The predicted octanol–water partition coefficient (Wildman–Crippen LogP) is 4.15. The summed E-state index contributed by atoms with van der Waals surface area (Å²) in [4.78, 5) is 12.0. The van der Waals surface area contributed by atoms with Crippen LogP contribution < -0.4 is 14.8 Å². The van der Waals surface area contributed by atoms with Crippen molar-refractivity contribution < 1.29 is 31.8 Å². The van der Waals surface area contributed by atoms with Gasteiger partial charge in [0, 0.05) is 11.8 Å². The SMILES string of the molecule is CC(C)[C@H](CO)C(=O)Nc1ccc(S(=O)(=O)Nc2cccc(OC(F)(F)P)c2)c(Cl)c1. The van der Waals surface area contributed by atoms with Gasteiger partial charge in [-0.15, -0.1) is 0 Å². The Labute approximate surface area is 186 Å². The van der Waals surface area contributed by atoms with Gasteiger partial charge in [0.1, 0.15) is 10.6 Å². The average Bonchev–Trinajstić information content (AvgIpc) is 2.60. The van der Waals surface area contributed by atoms with Gasteiger partial charge in [-0.25, -0.2) is 8.42 Å². The largest absolute Gasteiger partial charge is 0.430 e. The molecule has 0 saturated carbocycles. The van der Waals surface area contributed by atoms with Crippen molar-refractivity contribution in [2.45, 2.75) is 24.6 Å². The number of alkyl halides is 2. The van der Waals surface area contributed by atoms with E-state index in [2.05, 4.69) is 14.8 Å². The fraction of sp³-hybridized carbons (Fsp3) is 0.316. The van der Waals surface area contributed by atoms with Crippen LogP contribution in [0.3, 0.4) is 0 Å². The maximum absolute atomic E-state index is 13.0. The summed E-state index contributed by atoms with van der Waals surface area (Å²) in [5.74, 6) is -4.91. The fourth-order valence-corrected chi connectivity index (χ4v) is 4.35. The molecule has 2 aromatic rings. The van der Waals surface area contributed by atoms with Crippen LogP contribution in [0, 0.1) is 11.8 Å². The molecule has 170 valence electrons. The van der Waals surface area contributed by atoms with E-state index < -0.39 is 27.7 Å². The molecular formula is C19H22ClF2N2O5PS. The topological polar surface area (TPSA) is 105 Å². The lowest BCUT2D eigenvalue weighted by atomic mass is 9.96. The lowest BCUT2D eigenvalue weighted by Crippen LogP contribution is -2.29. The zero-order valence-corrected chi connectivity index (χ0v) is 19.3. The normalized spacial score (nSPS) is 13.0. The van der Waals surface area contributed by atoms with E-state index in [9.17, 15) is 27.1 Å². The highest BCUT2D eigenvalue weighted by molar-refractivity contribution is 7.92. The number of aliphatic hydroxyl groups is 1. The molecule has 3 N–H and O–H groups in total. The molecule has 0 spiro atoms. The van der Waals surface area contributed by atoms with Gasteiger partial charge in [0.05, 0.1) is 23.2 Å². The number of rotatable bonds is 9. The first-order valence-electron chi connectivity index (χ1n) is 9.02. The Morgan fingerprint density at radius 3 is 2.45 bits per heavy atom. The summed E-state index contributed by atoms with van der Waals surface area (Å²) in [6.07, 6.45) is 0. The highest BCUT2D eigenvalue weighted by Crippen LogP contribution is 2.31. The summed E-state index contributed by atoms with van der Waals surface area (Å²) < 4.78 is 58.0. The molecule has 2 aromatic carbocycles. The molecule has 0 bridgehead atoms. The molecule has 12 heteroatoms. The zero-order valence-electron chi connectivity index (χ0n) is 16.6. The summed E-state index contributed by atoms with van der Waals surface area (Å²) in [7, 11) is -2.95. The third kappa shape index (κ3) is 7.28. The van der Waals surface area contributed by atoms with E-state index in [1.54, 1.807) is 13.8 Å². The van der Waals surface area contributed by atoms with Gasteiger partial charge in [0.2, 0.25) is 5.91 Å². The number of hydrogen-bond donors (Lipinski definition) is 3. The number of aliphatic hydroxyl groups excluding tert-OH is 1. The van der Waals surface area contributed by atoms with Crippen LogP contribution in [0.2, 0.25) is 5.02 Å². The van der Waals surface area contributed by atoms with Gasteiger partial charge in [0.25, 0.3) is 10.0 Å². The van der Waals surface area contributed by atoms with Crippen LogP contribution in [0.15, 0.2) is 47.4 Å². The Bertz CT molecular complexity index is 1050. The molecule has 7 nitrogen and oxygen atoms in total. The Morgan fingerprint density at radius 1 is 1.23 bits per heavy atom. The van der Waals surface area contributed by atoms with E-state index in [0.717, 1.165) is 6.07 Å². The summed E-state index contributed by atoms with van der Waals surface area (Å²) >= 11 is 6.11. The predicted molar refractivity (Wildman–Crippen MR) is 118 cm³/mol. The lowest BCUT2D eigenvalue weighted by Gasteiger charge is -2.18. The summed E-state index contributed by atoms with van der Waals surface area (Å²) in [6, 6.07) is 8.85. The van der Waals surface area contributed by atoms with Crippen molar-refractivity contribution in [3.8, 4) is 5.75 Å². The first-order chi connectivity index (χ1) is 14.3. The van der Waals surface area contributed by atoms with Crippen molar-refractivity contribution in [2.75, 3.05) is 16.6 Å². The molecule has 0 aromatic heterocycles. The average molecular weight is 495 g/mol. The van der Waals surface area contributed by atoms with Gasteiger partial charge in [-0.1, -0.05) is 31.5 Å². The minimum atomic E-state index is -4.17. The highest BCUT2D eigenvalue weighted by Gasteiger charge is 2.25. The van der Waals surface area contributed by atoms with Gasteiger partial charge >= 0.3 is 5.85 Å². The lowest BCUT2D eigenvalue weighted by molar-refractivity contribution is -0.122. The van der Waals surface area contributed by atoms with E-state index in [4.69, 9.17) is 11.6 Å². The minimum absolute atomic E-state index is 0.0112. The van der Waals surface area contributed by atoms with E-state index in [0.29, 0.717) is 0 Å². The van der Waals surface area contributed by atoms with Gasteiger partial charge in [0.15, 0.2) is 0 Å². The summed E-state index contributed by atoms with van der Waals surface area (Å²) in [5, 5.41) is 11.8. The number of nitrogens with one attached hydrogen (secondary N) is 2. The van der Waals surface area contributed by atoms with Crippen LogP contribution in [0.1, 0.15) is 13.8 Å². The van der Waals surface area contributed by atoms with E-state index in [1.807, 2.05) is 0 Å². The van der Waals surface area contributed by atoms with E-state index in [1.165, 1.54) is 45.6 Å². The zero-order chi connectivity index (χ0) is 23.4. The molecule has 31 heavy (non-hydrogen) atoms. The van der Waals surface area contributed by atoms with Crippen LogP contribution >= 0.6 is 20.8 Å². The molecular weight excluding hydrogens is 473 g/mol. The molecule has 0 aliphatic heterocycles. The second-order valence-corrected chi connectivity index (χ2v) is 9.69. The molecule has 2 atom stereocenters. The Morgan fingerprint density at radius 2 is 1.90 bits per heavy atom. The minimum Gasteiger partial charge on any atom is -0.430 e. The number of hydrogen-bond acceptors (Lipinski definition) is 5. The maximum Gasteiger partial charge on any atom is 0.408 e. The third-order valence-electron chi connectivity index (χ3n) is 4.17. The summed E-state index contributed by atoms with van der Waals surface area (Å²) in [5.41, 5.74) is 0.244. The molecule has 0 heterocycles. The standard InChI is InChI=1S/C19H22ClF2N2O5PS/c1-11(2)15(10-25)18(26)23-12-6-7-17(16(20)9-12)31(27,28)24-13-4-3-5-14(8-13)29-19(21,22)30/h3-9,11,15,24-25H,10,30H2,1-2H3,(H,23,26)/t15-/m0/s1. The first-order valence-corrected chi connectivity index (χ1v) is 11.5. The summed E-state index contributed by atoms with van der Waals surface area (Å²) in [6.45, 7) is 3.24. The number of amides is 1. The maximum atomic E-state index is 13.0. The third-order valence-corrected chi connectivity index (χ3v) is 6.15. The van der Waals surface area contributed by atoms with E-state index in [-0.39, 0.29) is 39.6 Å². The van der Waals surface area contributed by atoms with E-state index >= 15 is 0 Å². The van der Waals surface area contributed by atoms with Crippen LogP contribution in [-0.2, 0) is 14.8 Å². The van der Waals surface area contributed by atoms with Crippen LogP contribution in [0.25, 0.3) is 0 Å². The molecule has 0 aliphatic rings. The van der Waals surface area contributed by atoms with Crippen molar-refractivity contribution in [3.63, 3.8) is 0 Å². The second kappa shape index (κ2) is 10.1. The molecule has 0 radical (unpaired) electrons. The number of carbonyl (C=O) groups excluding carboxylic acids is 1. The quantitative estimate of drug-likeness (QED) is 0.454. The van der Waals surface area contributed by atoms with Crippen molar-refractivity contribution >= 4 is 48.1 Å². The number of ether oxygens (including phenoxy) is 1. The van der Waals surface area contributed by atoms with Gasteiger partial charge in [-0.3, -0.25) is 9.52 Å². The van der Waals surface area contributed by atoms with Crippen molar-refractivity contribution in [1.82, 2.24) is 0 Å². The Kier molecular flexibility index (Phi) is 8.21. The van der Waals surface area contributed by atoms with Crippen LogP contribution in [-0.4, -0.2) is 31.9 Å². The first kappa shape index (κ1) is 25.3. The van der Waals surface area contributed by atoms with Crippen molar-refractivity contribution in [1.29, 1.82) is 0 Å². The molecule has 0 aliphatic carbocycles. The number of carbonyl (C=O) groups is 1. The van der Waals surface area contributed by atoms with Gasteiger partial charge in [-0.2, -0.15) is 8.78 Å². The molecule has 0 fully saturated rings.